The Bertz CT molecular complexity index is 1710. The van der Waals surface area contributed by atoms with Crippen molar-refractivity contribution >= 4 is 39.9 Å². The number of hydrogen-bond donors (Lipinski definition) is 0. The molecule has 6 aromatic rings. The van der Waals surface area contributed by atoms with Crippen LogP contribution in [0.25, 0.3) is 28.5 Å². The number of anilines is 2. The lowest BCUT2D eigenvalue weighted by atomic mass is 9.98. The Labute approximate surface area is 237 Å². The van der Waals surface area contributed by atoms with Gasteiger partial charge in [0.1, 0.15) is 0 Å². The van der Waals surface area contributed by atoms with E-state index >= 15 is 0 Å². The zero-order valence-electron chi connectivity index (χ0n) is 22.6. The molecule has 0 aliphatic heterocycles. The molecule has 0 saturated heterocycles. The number of nitrogens with zero attached hydrogens (tertiary/aromatic N) is 1. The second-order valence-corrected chi connectivity index (χ2v) is 9.97. The van der Waals surface area contributed by atoms with Gasteiger partial charge in [0, 0.05) is 23.1 Å². The molecule has 0 unspecified atom stereocenters. The van der Waals surface area contributed by atoms with Gasteiger partial charge in [-0.15, -0.1) is 0 Å². The summed E-state index contributed by atoms with van der Waals surface area (Å²) in [5.74, 6) is 0. The van der Waals surface area contributed by atoms with Crippen molar-refractivity contribution in [1.29, 1.82) is 0 Å². The number of fused-ring (bicyclic) bond motifs is 1. The number of hydrogen-bond acceptors (Lipinski definition) is 1. The summed E-state index contributed by atoms with van der Waals surface area (Å²) in [5.41, 5.74) is 9.39. The molecule has 6 aromatic carbocycles. The molecule has 1 nitrogen and oxygen atoms in total. The molecule has 40 heavy (non-hydrogen) atoms. The molecule has 192 valence electrons. The van der Waals surface area contributed by atoms with Gasteiger partial charge in [-0.2, -0.15) is 0 Å². The lowest BCUT2D eigenvalue weighted by Gasteiger charge is -2.24. The van der Waals surface area contributed by atoms with Gasteiger partial charge in [-0.3, -0.25) is 0 Å². The third-order valence-electron chi connectivity index (χ3n) is 7.19. The summed E-state index contributed by atoms with van der Waals surface area (Å²) in [4.78, 5) is 2.28. The minimum atomic E-state index is 1.11. The molecule has 0 fully saturated rings. The highest BCUT2D eigenvalue weighted by Gasteiger charge is 2.12. The van der Waals surface area contributed by atoms with Crippen LogP contribution in [-0.4, -0.2) is 0 Å². The highest BCUT2D eigenvalue weighted by molar-refractivity contribution is 5.93. The first-order chi connectivity index (χ1) is 19.7. The van der Waals surface area contributed by atoms with Crippen LogP contribution < -0.4 is 4.90 Å². The van der Waals surface area contributed by atoms with Gasteiger partial charge in [0.15, 0.2) is 0 Å². The average molecular weight is 514 g/mol. The van der Waals surface area contributed by atoms with Gasteiger partial charge in [0.2, 0.25) is 0 Å². The molecule has 0 spiro atoms. The normalized spacial score (nSPS) is 11.0. The minimum absolute atomic E-state index is 1.11. The van der Waals surface area contributed by atoms with E-state index in [1.54, 1.807) is 0 Å². The number of rotatable bonds is 7. The predicted molar refractivity (Wildman–Crippen MR) is 173 cm³/mol. The largest absolute Gasteiger partial charge is 0.317 e. The van der Waals surface area contributed by atoms with Gasteiger partial charge in [0.25, 0.3) is 0 Å². The van der Waals surface area contributed by atoms with Crippen molar-refractivity contribution < 1.29 is 0 Å². The predicted octanol–water partition coefficient (Wildman–Crippen LogP) is 10.5. The summed E-state index contributed by atoms with van der Waals surface area (Å²) in [6.07, 6.45) is 6.66. The van der Waals surface area contributed by atoms with Gasteiger partial charge < -0.3 is 4.90 Å². The zero-order valence-corrected chi connectivity index (χ0v) is 22.6. The van der Waals surface area contributed by atoms with Crippen LogP contribution in [0.3, 0.4) is 0 Å². The fourth-order valence-electron chi connectivity index (χ4n) is 5.01. The van der Waals surface area contributed by atoms with Crippen molar-refractivity contribution in [1.82, 2.24) is 0 Å². The minimum Gasteiger partial charge on any atom is -0.317 e. The molecular formula is C39H31N. The lowest BCUT2D eigenvalue weighted by Crippen LogP contribution is -2.10. The second-order valence-electron chi connectivity index (χ2n) is 9.97. The van der Waals surface area contributed by atoms with E-state index < -0.39 is 0 Å². The van der Waals surface area contributed by atoms with E-state index in [1.807, 2.05) is 0 Å². The van der Waals surface area contributed by atoms with E-state index in [-0.39, 0.29) is 0 Å². The van der Waals surface area contributed by atoms with Crippen molar-refractivity contribution in [2.45, 2.75) is 6.92 Å². The fourth-order valence-corrected chi connectivity index (χ4v) is 5.01. The van der Waals surface area contributed by atoms with Gasteiger partial charge in [-0.25, -0.2) is 0 Å². The SMILES string of the molecule is Cc1ccc(N(C=C(c2ccccc2)c2ccccc2)c2ccc(/C=C\c3cccc4ccccc34)cc2)cc1. The molecule has 0 bridgehead atoms. The second kappa shape index (κ2) is 11.7. The molecule has 0 aromatic heterocycles. The lowest BCUT2D eigenvalue weighted by molar-refractivity contribution is 1.27. The Morgan fingerprint density at radius 1 is 0.500 bits per heavy atom. The van der Waals surface area contributed by atoms with Crippen LogP contribution in [0.4, 0.5) is 11.4 Å². The van der Waals surface area contributed by atoms with Crippen molar-refractivity contribution in [3.63, 3.8) is 0 Å². The Hall–Kier alpha value is -5.14. The zero-order chi connectivity index (χ0) is 27.1. The first-order valence-electron chi connectivity index (χ1n) is 13.7. The molecule has 0 heterocycles. The van der Waals surface area contributed by atoms with Crippen LogP contribution >= 0.6 is 0 Å². The molecule has 6 rings (SSSR count). The van der Waals surface area contributed by atoms with E-state index in [9.17, 15) is 0 Å². The van der Waals surface area contributed by atoms with Gasteiger partial charge in [0.05, 0.1) is 0 Å². The third kappa shape index (κ3) is 5.65. The standard InChI is InChI=1S/C39H31N/c1-30-19-25-36(26-20-30)40(29-39(33-11-4-2-5-12-33)34-13-6-3-7-14-34)37-27-22-31(23-28-37)21-24-35-17-10-16-32-15-8-9-18-38(32)35/h2-29H,1H3/b24-21-. The monoisotopic (exact) mass is 513 g/mol. The Morgan fingerprint density at radius 2 is 1.05 bits per heavy atom. The van der Waals surface area contributed by atoms with E-state index in [2.05, 4.69) is 182 Å². The quantitative estimate of drug-likeness (QED) is 0.192. The molecule has 0 aliphatic carbocycles. The Kier molecular flexibility index (Phi) is 7.37. The van der Waals surface area contributed by atoms with Gasteiger partial charge in [-0.1, -0.05) is 145 Å². The maximum absolute atomic E-state index is 2.28. The van der Waals surface area contributed by atoms with Gasteiger partial charge >= 0.3 is 0 Å². The summed E-state index contributed by atoms with van der Waals surface area (Å²) in [6, 6.07) is 53.7. The molecular weight excluding hydrogens is 482 g/mol. The topological polar surface area (TPSA) is 3.24 Å². The van der Waals surface area contributed by atoms with Crippen molar-refractivity contribution in [3.05, 3.63) is 186 Å². The number of benzene rings is 6. The fraction of sp³-hybridized carbons (Fsp3) is 0.0256. The van der Waals surface area contributed by atoms with Crippen LogP contribution in [0.5, 0.6) is 0 Å². The Balaban J connectivity index is 1.39. The molecule has 0 atom stereocenters. The van der Waals surface area contributed by atoms with Crippen LogP contribution in [0, 0.1) is 6.92 Å². The first kappa shape index (κ1) is 25.2. The van der Waals surface area contributed by atoms with Crippen LogP contribution in [0.15, 0.2) is 158 Å². The van der Waals surface area contributed by atoms with Crippen molar-refractivity contribution in [3.8, 4) is 0 Å². The van der Waals surface area contributed by atoms with Crippen molar-refractivity contribution in [2.24, 2.45) is 0 Å². The maximum atomic E-state index is 2.28. The number of aryl methyl sites for hydroxylation is 1. The summed E-state index contributed by atoms with van der Waals surface area (Å²) in [6.45, 7) is 2.13. The highest BCUT2D eigenvalue weighted by atomic mass is 15.1. The van der Waals surface area contributed by atoms with E-state index in [0.29, 0.717) is 0 Å². The van der Waals surface area contributed by atoms with E-state index in [4.69, 9.17) is 0 Å². The smallest absolute Gasteiger partial charge is 0.0456 e. The van der Waals surface area contributed by atoms with Crippen LogP contribution in [-0.2, 0) is 0 Å². The van der Waals surface area contributed by atoms with E-state index in [1.165, 1.54) is 38.6 Å². The van der Waals surface area contributed by atoms with E-state index in [0.717, 1.165) is 16.9 Å². The summed E-state index contributed by atoms with van der Waals surface area (Å²) >= 11 is 0. The molecule has 1 heteroatoms. The molecule has 0 aliphatic rings. The molecule has 0 saturated carbocycles. The first-order valence-corrected chi connectivity index (χ1v) is 13.7. The molecule has 0 amide bonds. The van der Waals surface area contributed by atoms with Crippen molar-refractivity contribution in [2.75, 3.05) is 4.90 Å². The average Bonchev–Trinajstić information content (AvgIpc) is 3.02. The maximum Gasteiger partial charge on any atom is 0.0456 e. The van der Waals surface area contributed by atoms with Gasteiger partial charge in [-0.05, 0) is 64.2 Å². The Morgan fingerprint density at radius 3 is 1.70 bits per heavy atom. The molecule has 0 radical (unpaired) electrons. The van der Waals surface area contributed by atoms with Crippen LogP contribution in [0.2, 0.25) is 0 Å². The van der Waals surface area contributed by atoms with Crippen LogP contribution in [0.1, 0.15) is 27.8 Å². The third-order valence-corrected chi connectivity index (χ3v) is 7.19. The highest BCUT2D eigenvalue weighted by Crippen LogP contribution is 2.32. The summed E-state index contributed by atoms with van der Waals surface area (Å²) < 4.78 is 0. The summed E-state index contributed by atoms with van der Waals surface area (Å²) in [5, 5.41) is 2.52. The summed E-state index contributed by atoms with van der Waals surface area (Å²) in [7, 11) is 0. The molecule has 0 N–H and O–H groups in total.